The average Bonchev–Trinajstić information content (AvgIpc) is 1.97. The zero-order valence-electron chi connectivity index (χ0n) is 7.16. The first-order valence-electron chi connectivity index (χ1n) is 4.05. The van der Waals surface area contributed by atoms with Crippen LogP contribution in [0.15, 0.2) is 0 Å². The summed E-state index contributed by atoms with van der Waals surface area (Å²) in [5.74, 6) is 0. The van der Waals surface area contributed by atoms with E-state index in [9.17, 15) is 0 Å². The smallest absolute Gasteiger partial charge is 0.327 e. The fourth-order valence-electron chi connectivity index (χ4n) is 0.896. The molecular formula is C7H17O3P. The topological polar surface area (TPSA) is 49.7 Å². The lowest BCUT2D eigenvalue weighted by atomic mass is 10.1. The van der Waals surface area contributed by atoms with Crippen LogP contribution in [-0.4, -0.2) is 15.9 Å². The molecule has 1 unspecified atom stereocenters. The summed E-state index contributed by atoms with van der Waals surface area (Å²) in [6, 6.07) is 0. The van der Waals surface area contributed by atoms with Crippen molar-refractivity contribution in [3.8, 4) is 0 Å². The predicted octanol–water partition coefficient (Wildman–Crippen LogP) is 2.18. The molecule has 0 rings (SSSR count). The molecule has 11 heavy (non-hydrogen) atoms. The SMILES string of the molecule is CCCCC(CC)OP(O)O. The maximum absolute atomic E-state index is 8.55. The number of rotatable bonds is 6. The fourth-order valence-corrected chi connectivity index (χ4v) is 1.42. The Labute approximate surface area is 69.4 Å². The second-order valence-corrected chi connectivity index (χ2v) is 3.25. The minimum absolute atomic E-state index is 0.0241. The predicted molar refractivity (Wildman–Crippen MR) is 46.0 cm³/mol. The summed E-state index contributed by atoms with van der Waals surface area (Å²) < 4.78 is 4.88. The van der Waals surface area contributed by atoms with Crippen molar-refractivity contribution in [2.75, 3.05) is 0 Å². The van der Waals surface area contributed by atoms with Gasteiger partial charge >= 0.3 is 8.60 Å². The van der Waals surface area contributed by atoms with E-state index >= 15 is 0 Å². The molecule has 0 aromatic heterocycles. The molecule has 0 heterocycles. The molecule has 0 saturated carbocycles. The lowest BCUT2D eigenvalue weighted by molar-refractivity contribution is 0.156. The largest absolute Gasteiger partial charge is 0.328 e. The molecule has 0 aliphatic carbocycles. The van der Waals surface area contributed by atoms with Gasteiger partial charge in [-0.1, -0.05) is 26.7 Å². The summed E-state index contributed by atoms with van der Waals surface area (Å²) in [4.78, 5) is 17.1. The first kappa shape index (κ1) is 11.3. The first-order valence-corrected chi connectivity index (χ1v) is 5.21. The van der Waals surface area contributed by atoms with Gasteiger partial charge in [0.1, 0.15) is 0 Å². The van der Waals surface area contributed by atoms with Crippen LogP contribution in [0, 0.1) is 0 Å². The van der Waals surface area contributed by atoms with Gasteiger partial charge in [-0.15, -0.1) is 0 Å². The van der Waals surface area contributed by atoms with Crippen LogP contribution < -0.4 is 0 Å². The van der Waals surface area contributed by atoms with Gasteiger partial charge in [0.05, 0.1) is 6.10 Å². The lowest BCUT2D eigenvalue weighted by Crippen LogP contribution is -2.07. The molecule has 0 spiro atoms. The maximum Gasteiger partial charge on any atom is 0.327 e. The van der Waals surface area contributed by atoms with Gasteiger partial charge in [-0.2, -0.15) is 0 Å². The first-order chi connectivity index (χ1) is 5.20. The third-order valence-electron chi connectivity index (χ3n) is 1.58. The summed E-state index contributed by atoms with van der Waals surface area (Å²) in [5, 5.41) is 0. The van der Waals surface area contributed by atoms with Crippen LogP contribution in [0.5, 0.6) is 0 Å². The second-order valence-electron chi connectivity index (χ2n) is 2.53. The normalized spacial score (nSPS) is 13.9. The van der Waals surface area contributed by atoms with Gasteiger partial charge in [0.15, 0.2) is 0 Å². The number of hydrogen-bond donors (Lipinski definition) is 2. The van der Waals surface area contributed by atoms with Crippen LogP contribution in [0.25, 0.3) is 0 Å². The lowest BCUT2D eigenvalue weighted by Gasteiger charge is -2.14. The maximum atomic E-state index is 8.55. The van der Waals surface area contributed by atoms with Gasteiger partial charge in [-0.3, -0.25) is 0 Å². The quantitative estimate of drug-likeness (QED) is 0.616. The molecule has 2 N–H and O–H groups in total. The summed E-state index contributed by atoms with van der Waals surface area (Å²) in [6.45, 7) is 4.09. The molecule has 0 radical (unpaired) electrons. The monoisotopic (exact) mass is 180 g/mol. The van der Waals surface area contributed by atoms with E-state index in [1.54, 1.807) is 0 Å². The van der Waals surface area contributed by atoms with Crippen LogP contribution >= 0.6 is 8.60 Å². The van der Waals surface area contributed by atoms with E-state index in [-0.39, 0.29) is 6.10 Å². The molecule has 0 bridgehead atoms. The van der Waals surface area contributed by atoms with E-state index in [0.29, 0.717) is 0 Å². The van der Waals surface area contributed by atoms with E-state index in [1.165, 1.54) is 0 Å². The van der Waals surface area contributed by atoms with Gasteiger partial charge in [-0.05, 0) is 12.8 Å². The highest BCUT2D eigenvalue weighted by molar-refractivity contribution is 7.39. The van der Waals surface area contributed by atoms with Crippen LogP contribution in [0.4, 0.5) is 0 Å². The molecule has 0 aliphatic rings. The Bertz CT molecular complexity index is 87.8. The Balaban J connectivity index is 3.41. The molecule has 3 nitrogen and oxygen atoms in total. The Morgan fingerprint density at radius 1 is 1.36 bits per heavy atom. The van der Waals surface area contributed by atoms with E-state index in [4.69, 9.17) is 14.3 Å². The molecule has 1 atom stereocenters. The Hall–Kier alpha value is 0.310. The highest BCUT2D eigenvalue weighted by atomic mass is 31.2. The zero-order valence-corrected chi connectivity index (χ0v) is 8.05. The summed E-state index contributed by atoms with van der Waals surface area (Å²) in [6.07, 6.45) is 4.00. The van der Waals surface area contributed by atoms with Crippen molar-refractivity contribution in [2.24, 2.45) is 0 Å². The Morgan fingerprint density at radius 2 is 2.00 bits per heavy atom. The van der Waals surface area contributed by atoms with Crippen LogP contribution in [0.1, 0.15) is 39.5 Å². The molecule has 4 heteroatoms. The van der Waals surface area contributed by atoms with Crippen molar-refractivity contribution < 1.29 is 14.3 Å². The number of hydrogen-bond acceptors (Lipinski definition) is 3. The summed E-state index contributed by atoms with van der Waals surface area (Å²) in [5.41, 5.74) is 0. The van der Waals surface area contributed by atoms with Crippen LogP contribution in [0.3, 0.4) is 0 Å². The Morgan fingerprint density at radius 3 is 2.36 bits per heavy atom. The van der Waals surface area contributed by atoms with Gasteiger partial charge in [0.25, 0.3) is 0 Å². The van der Waals surface area contributed by atoms with Crippen molar-refractivity contribution >= 4 is 8.60 Å². The molecule has 0 aromatic rings. The van der Waals surface area contributed by atoms with Gasteiger partial charge < -0.3 is 14.3 Å². The molecule has 68 valence electrons. The standard InChI is InChI=1S/C7H17O3P/c1-3-5-6-7(4-2)10-11(8)9/h7-9H,3-6H2,1-2H3. The average molecular weight is 180 g/mol. The third-order valence-corrected chi connectivity index (χ3v) is 2.07. The van der Waals surface area contributed by atoms with Crippen molar-refractivity contribution in [3.63, 3.8) is 0 Å². The van der Waals surface area contributed by atoms with E-state index in [2.05, 4.69) is 6.92 Å². The minimum atomic E-state index is -2.16. The van der Waals surface area contributed by atoms with E-state index < -0.39 is 8.60 Å². The van der Waals surface area contributed by atoms with Crippen molar-refractivity contribution in [1.82, 2.24) is 0 Å². The zero-order chi connectivity index (χ0) is 8.69. The molecule has 0 aliphatic heterocycles. The molecule has 0 fully saturated rings. The third kappa shape index (κ3) is 6.70. The van der Waals surface area contributed by atoms with E-state index in [1.807, 2.05) is 6.92 Å². The second kappa shape index (κ2) is 6.99. The van der Waals surface area contributed by atoms with E-state index in [0.717, 1.165) is 25.7 Å². The van der Waals surface area contributed by atoms with Gasteiger partial charge in [-0.25, -0.2) is 0 Å². The molecule has 0 aromatic carbocycles. The Kier molecular flexibility index (Phi) is 7.18. The van der Waals surface area contributed by atoms with Gasteiger partial charge in [0.2, 0.25) is 0 Å². The van der Waals surface area contributed by atoms with Crippen molar-refractivity contribution in [1.29, 1.82) is 0 Å². The van der Waals surface area contributed by atoms with Crippen LogP contribution in [-0.2, 0) is 4.52 Å². The summed E-state index contributed by atoms with van der Waals surface area (Å²) in [7, 11) is -2.16. The number of unbranched alkanes of at least 4 members (excludes halogenated alkanes) is 1. The molecule has 0 amide bonds. The van der Waals surface area contributed by atoms with Crippen LogP contribution in [0.2, 0.25) is 0 Å². The highest BCUT2D eigenvalue weighted by Gasteiger charge is 2.10. The van der Waals surface area contributed by atoms with Gasteiger partial charge in [0, 0.05) is 0 Å². The van der Waals surface area contributed by atoms with Crippen molar-refractivity contribution in [2.45, 2.75) is 45.6 Å². The minimum Gasteiger partial charge on any atom is -0.328 e. The van der Waals surface area contributed by atoms with Crippen molar-refractivity contribution in [3.05, 3.63) is 0 Å². The molecular weight excluding hydrogens is 163 g/mol. The molecule has 0 saturated heterocycles. The highest BCUT2D eigenvalue weighted by Crippen LogP contribution is 2.29. The fraction of sp³-hybridized carbons (Fsp3) is 1.00. The summed E-state index contributed by atoms with van der Waals surface area (Å²) >= 11 is 0.